The van der Waals surface area contributed by atoms with Crippen LogP contribution in [0.15, 0.2) is 60.7 Å². The first-order valence-electron chi connectivity index (χ1n) is 18.3. The van der Waals surface area contributed by atoms with E-state index >= 15 is 0 Å². The molecule has 4 N–H and O–H groups in total. The zero-order chi connectivity index (χ0) is 36.5. The average Bonchev–Trinajstić information content (AvgIpc) is 3.94. The molecule has 2 unspecified atom stereocenters. The van der Waals surface area contributed by atoms with Gasteiger partial charge in [0, 0.05) is 0 Å². The Hall–Kier alpha value is -5.20. The molecule has 5 aromatic rings. The molecule has 0 radical (unpaired) electrons. The Morgan fingerprint density at radius 3 is 1.40 bits per heavy atom. The topological polar surface area (TPSA) is 156 Å². The monoisotopic (exact) mass is 702 g/mol. The molecule has 0 spiro atoms. The van der Waals surface area contributed by atoms with E-state index in [1.165, 1.54) is 0 Å². The molecular formula is C40H46N8O4. The van der Waals surface area contributed by atoms with Gasteiger partial charge >= 0.3 is 0 Å². The Labute approximate surface area is 302 Å². The third kappa shape index (κ3) is 6.75. The van der Waals surface area contributed by atoms with Gasteiger partial charge in [-0.1, -0.05) is 64.1 Å². The molecule has 52 heavy (non-hydrogen) atoms. The number of likely N-dealkylation sites (tertiary alicyclic amines) is 2. The minimum atomic E-state index is -0.416. The number of nitrogens with zero attached hydrogens (tertiary/aromatic N) is 4. The van der Waals surface area contributed by atoms with Crippen LogP contribution in [-0.2, 0) is 19.2 Å². The first-order valence-corrected chi connectivity index (χ1v) is 18.3. The van der Waals surface area contributed by atoms with Crippen molar-refractivity contribution >= 4 is 46.7 Å². The van der Waals surface area contributed by atoms with E-state index in [0.717, 1.165) is 94.7 Å². The van der Waals surface area contributed by atoms with Crippen molar-refractivity contribution in [3.05, 3.63) is 72.3 Å². The maximum atomic E-state index is 12.8. The number of nitrogens with one attached hydrogen (secondary N) is 4. The van der Waals surface area contributed by atoms with Gasteiger partial charge in [0.2, 0.25) is 24.6 Å². The highest BCUT2D eigenvalue weighted by atomic mass is 16.2. The highest BCUT2D eigenvalue weighted by Crippen LogP contribution is 2.37. The first kappa shape index (κ1) is 35.2. The molecule has 4 amide bonds. The van der Waals surface area contributed by atoms with Crippen LogP contribution in [0.25, 0.3) is 44.3 Å². The maximum Gasteiger partial charge on any atom is 0.243 e. The van der Waals surface area contributed by atoms with Crippen molar-refractivity contribution in [2.24, 2.45) is 11.8 Å². The lowest BCUT2D eigenvalue weighted by Crippen LogP contribution is -2.49. The Bertz CT molecular complexity index is 1950. The molecule has 12 heteroatoms. The number of rotatable bonds is 12. The van der Waals surface area contributed by atoms with Gasteiger partial charge in [0.25, 0.3) is 0 Å². The highest BCUT2D eigenvalue weighted by molar-refractivity contribution is 5.91. The van der Waals surface area contributed by atoms with Crippen LogP contribution in [0.5, 0.6) is 0 Å². The first-order chi connectivity index (χ1) is 25.2. The summed E-state index contributed by atoms with van der Waals surface area (Å²) in [6, 6.07) is 20.1. The highest BCUT2D eigenvalue weighted by Gasteiger charge is 2.40. The summed E-state index contributed by atoms with van der Waals surface area (Å²) in [4.78, 5) is 68.9. The smallest absolute Gasteiger partial charge is 0.243 e. The van der Waals surface area contributed by atoms with Crippen LogP contribution in [-0.4, -0.2) is 79.5 Å². The number of carbonyl (C=O) groups excluding carboxylic acids is 4. The zero-order valence-electron chi connectivity index (χ0n) is 30.1. The number of carbonyl (C=O) groups is 4. The predicted molar refractivity (Wildman–Crippen MR) is 200 cm³/mol. The number of aromatic amines is 2. The SMILES string of the molecule is CC(C)[C@@H](C(=O)NC=O)N1CCCC1c1nc2ccc(-c3ccc(-c4ccc5nc(C6CCCN6[C@H](C(=O)NC=O)C(C)C)[nH]c5c4)cc3)cc2[nH]1. The van der Waals surface area contributed by atoms with Crippen molar-refractivity contribution in [2.45, 2.75) is 77.5 Å². The molecule has 2 fully saturated rings. The maximum absolute atomic E-state index is 12.8. The van der Waals surface area contributed by atoms with E-state index in [9.17, 15) is 19.2 Å². The third-order valence-electron chi connectivity index (χ3n) is 10.7. The van der Waals surface area contributed by atoms with E-state index in [2.05, 4.69) is 78.9 Å². The molecule has 4 heterocycles. The minimum Gasteiger partial charge on any atom is -0.341 e. The van der Waals surface area contributed by atoms with Crippen LogP contribution in [0.3, 0.4) is 0 Å². The summed E-state index contributed by atoms with van der Waals surface area (Å²) < 4.78 is 0. The fourth-order valence-corrected chi connectivity index (χ4v) is 8.38. The van der Waals surface area contributed by atoms with Crippen molar-refractivity contribution in [1.29, 1.82) is 0 Å². The van der Waals surface area contributed by atoms with Crippen LogP contribution in [0, 0.1) is 11.8 Å². The zero-order valence-corrected chi connectivity index (χ0v) is 30.1. The second kappa shape index (κ2) is 14.8. The number of imidazole rings is 2. The van der Waals surface area contributed by atoms with Gasteiger partial charge in [-0.05, 0) is 97.1 Å². The van der Waals surface area contributed by atoms with Crippen molar-refractivity contribution in [3.8, 4) is 22.3 Å². The molecule has 2 aromatic heterocycles. The van der Waals surface area contributed by atoms with Crippen LogP contribution in [0.4, 0.5) is 0 Å². The van der Waals surface area contributed by atoms with Gasteiger partial charge in [-0.15, -0.1) is 0 Å². The fraction of sp³-hybridized carbons (Fsp3) is 0.400. The second-order valence-electron chi connectivity index (χ2n) is 14.7. The summed E-state index contributed by atoms with van der Waals surface area (Å²) in [6.45, 7) is 9.55. The Morgan fingerprint density at radius 1 is 0.654 bits per heavy atom. The summed E-state index contributed by atoms with van der Waals surface area (Å²) in [5.74, 6) is 1.20. The molecule has 4 atom stereocenters. The number of benzene rings is 3. The van der Waals surface area contributed by atoms with Gasteiger partial charge in [0.05, 0.1) is 46.2 Å². The number of hydrogen-bond donors (Lipinski definition) is 4. The van der Waals surface area contributed by atoms with E-state index in [1.807, 2.05) is 39.8 Å². The summed E-state index contributed by atoms with van der Waals surface area (Å²) in [5, 5.41) is 4.72. The molecule has 7 rings (SSSR count). The number of H-pyrrole nitrogens is 2. The number of fused-ring (bicyclic) bond motifs is 2. The van der Waals surface area contributed by atoms with E-state index in [-0.39, 0.29) is 35.7 Å². The third-order valence-corrected chi connectivity index (χ3v) is 10.7. The van der Waals surface area contributed by atoms with Crippen molar-refractivity contribution in [2.75, 3.05) is 13.1 Å². The molecule has 2 saturated heterocycles. The second-order valence-corrected chi connectivity index (χ2v) is 14.7. The quantitative estimate of drug-likeness (QED) is 0.122. The average molecular weight is 703 g/mol. The van der Waals surface area contributed by atoms with E-state index in [0.29, 0.717) is 12.8 Å². The van der Waals surface area contributed by atoms with Gasteiger partial charge in [-0.25, -0.2) is 9.97 Å². The van der Waals surface area contributed by atoms with Crippen LogP contribution < -0.4 is 10.6 Å². The van der Waals surface area contributed by atoms with E-state index < -0.39 is 12.1 Å². The summed E-state index contributed by atoms with van der Waals surface area (Å²) in [7, 11) is 0. The van der Waals surface area contributed by atoms with Gasteiger partial charge < -0.3 is 9.97 Å². The molecule has 0 saturated carbocycles. The van der Waals surface area contributed by atoms with Gasteiger partial charge in [0.1, 0.15) is 11.6 Å². The predicted octanol–water partition coefficient (Wildman–Crippen LogP) is 5.64. The van der Waals surface area contributed by atoms with Crippen LogP contribution in [0.1, 0.15) is 77.1 Å². The number of imide groups is 2. The summed E-state index contributed by atoms with van der Waals surface area (Å²) in [6.07, 6.45) is 4.59. The lowest BCUT2D eigenvalue weighted by molar-refractivity contribution is -0.132. The van der Waals surface area contributed by atoms with Gasteiger partial charge in [-0.2, -0.15) is 0 Å². The summed E-state index contributed by atoms with van der Waals surface area (Å²) >= 11 is 0. The fourth-order valence-electron chi connectivity index (χ4n) is 8.38. The largest absolute Gasteiger partial charge is 0.341 e. The lowest BCUT2D eigenvalue weighted by atomic mass is 10.00. The number of aromatic nitrogens is 4. The summed E-state index contributed by atoms with van der Waals surface area (Å²) in [5.41, 5.74) is 7.92. The van der Waals surface area contributed by atoms with Gasteiger partial charge in [-0.3, -0.25) is 39.6 Å². The van der Waals surface area contributed by atoms with E-state index in [1.54, 1.807) is 0 Å². The van der Waals surface area contributed by atoms with Crippen molar-refractivity contribution in [3.63, 3.8) is 0 Å². The molecule has 3 aromatic carbocycles. The van der Waals surface area contributed by atoms with E-state index in [4.69, 9.17) is 9.97 Å². The standard InChI is InChI=1S/C40H46N8O4/c1-23(2)35(39(51)41-21-49)47-17-5-7-33(47)37-43-29-15-13-27(19-31(29)45-37)25-9-11-26(12-10-25)28-14-16-30-32(20-28)46-38(44-30)34-8-6-18-48(34)36(24(3)4)40(52)42-22-50/h9-16,19-24,33-36H,5-8,17-18H2,1-4H3,(H,43,45)(H,44,46)(H,41,49,51)(H,42,50,52)/t33?,34?,35-,36-/m0/s1. The Kier molecular flexibility index (Phi) is 10.0. The van der Waals surface area contributed by atoms with Crippen molar-refractivity contribution in [1.82, 2.24) is 40.4 Å². The number of hydrogen-bond acceptors (Lipinski definition) is 8. The Balaban J connectivity index is 1.09. The normalized spacial score (nSPS) is 19.4. The lowest BCUT2D eigenvalue weighted by Gasteiger charge is -2.33. The van der Waals surface area contributed by atoms with Crippen molar-refractivity contribution < 1.29 is 19.2 Å². The molecular weight excluding hydrogens is 656 g/mol. The molecule has 2 aliphatic rings. The van der Waals surface area contributed by atoms with Gasteiger partial charge in [0.15, 0.2) is 0 Å². The molecule has 12 nitrogen and oxygen atoms in total. The Morgan fingerprint density at radius 2 is 1.04 bits per heavy atom. The molecule has 270 valence electrons. The molecule has 0 aliphatic carbocycles. The molecule has 2 aliphatic heterocycles. The number of amides is 4. The van der Waals surface area contributed by atoms with Crippen LogP contribution >= 0.6 is 0 Å². The van der Waals surface area contributed by atoms with Crippen LogP contribution in [0.2, 0.25) is 0 Å². The molecule has 0 bridgehead atoms. The minimum absolute atomic E-state index is 0.0350.